The lowest BCUT2D eigenvalue weighted by atomic mass is 10.0. The molecule has 2 nitrogen and oxygen atoms in total. The van der Waals surface area contributed by atoms with Gasteiger partial charge in [-0.3, -0.25) is 4.98 Å². The highest BCUT2D eigenvalue weighted by atomic mass is 14.9. The van der Waals surface area contributed by atoms with Crippen LogP contribution in [0.15, 0.2) is 72.9 Å². The van der Waals surface area contributed by atoms with Crippen molar-refractivity contribution in [1.29, 1.82) is 0 Å². The SMILES string of the molecule is Cc1ncccc1NCc1ccc(-c2ccccc2)cc1. The summed E-state index contributed by atoms with van der Waals surface area (Å²) in [5.74, 6) is 0. The number of anilines is 1. The molecule has 0 aliphatic rings. The van der Waals surface area contributed by atoms with Crippen LogP contribution in [0.1, 0.15) is 11.3 Å². The lowest BCUT2D eigenvalue weighted by Gasteiger charge is -2.09. The summed E-state index contributed by atoms with van der Waals surface area (Å²) in [6.45, 7) is 2.82. The third-order valence-electron chi connectivity index (χ3n) is 3.55. The van der Waals surface area contributed by atoms with E-state index in [1.807, 2.05) is 25.3 Å². The van der Waals surface area contributed by atoms with E-state index in [0.717, 1.165) is 17.9 Å². The highest BCUT2D eigenvalue weighted by Crippen LogP contribution is 2.20. The zero-order valence-electron chi connectivity index (χ0n) is 12.1. The van der Waals surface area contributed by atoms with Crippen molar-refractivity contribution in [3.63, 3.8) is 0 Å². The van der Waals surface area contributed by atoms with Crippen LogP contribution >= 0.6 is 0 Å². The number of aryl methyl sites for hydroxylation is 1. The third-order valence-corrected chi connectivity index (χ3v) is 3.55. The Balaban J connectivity index is 1.69. The Morgan fingerprint density at radius 1 is 0.810 bits per heavy atom. The largest absolute Gasteiger partial charge is 0.380 e. The molecule has 0 aliphatic carbocycles. The number of rotatable bonds is 4. The van der Waals surface area contributed by atoms with Crippen LogP contribution in [0.4, 0.5) is 5.69 Å². The number of hydrogen-bond donors (Lipinski definition) is 1. The van der Waals surface area contributed by atoms with Crippen LogP contribution in [-0.2, 0) is 6.54 Å². The summed E-state index contributed by atoms with van der Waals surface area (Å²) in [4.78, 5) is 4.28. The second kappa shape index (κ2) is 6.23. The molecule has 0 spiro atoms. The molecule has 1 N–H and O–H groups in total. The average Bonchev–Trinajstić information content (AvgIpc) is 2.55. The first-order valence-electron chi connectivity index (χ1n) is 7.13. The Bertz CT molecular complexity index is 703. The lowest BCUT2D eigenvalue weighted by Crippen LogP contribution is -2.01. The number of benzene rings is 2. The molecule has 3 aromatic rings. The topological polar surface area (TPSA) is 24.9 Å². The molecule has 0 atom stereocenters. The van der Waals surface area contributed by atoms with Gasteiger partial charge in [0, 0.05) is 12.7 Å². The van der Waals surface area contributed by atoms with Crippen LogP contribution in [0, 0.1) is 6.92 Å². The van der Waals surface area contributed by atoms with Crippen LogP contribution in [0.2, 0.25) is 0 Å². The molecule has 0 radical (unpaired) electrons. The van der Waals surface area contributed by atoms with Crippen molar-refractivity contribution in [3.05, 3.63) is 84.2 Å². The van der Waals surface area contributed by atoms with Gasteiger partial charge in [0.15, 0.2) is 0 Å². The van der Waals surface area contributed by atoms with Crippen molar-refractivity contribution in [2.75, 3.05) is 5.32 Å². The fourth-order valence-corrected chi connectivity index (χ4v) is 2.31. The molecule has 3 rings (SSSR count). The summed E-state index contributed by atoms with van der Waals surface area (Å²) in [5.41, 5.74) is 5.87. The number of nitrogens with zero attached hydrogens (tertiary/aromatic N) is 1. The second-order valence-electron chi connectivity index (χ2n) is 5.05. The molecular weight excluding hydrogens is 256 g/mol. The summed E-state index contributed by atoms with van der Waals surface area (Å²) in [6.07, 6.45) is 1.81. The maximum Gasteiger partial charge on any atom is 0.0603 e. The molecule has 0 aliphatic heterocycles. The highest BCUT2D eigenvalue weighted by molar-refractivity contribution is 5.63. The van der Waals surface area contributed by atoms with Crippen LogP contribution in [0.25, 0.3) is 11.1 Å². The Morgan fingerprint density at radius 2 is 1.52 bits per heavy atom. The van der Waals surface area contributed by atoms with Crippen LogP contribution in [-0.4, -0.2) is 4.98 Å². The van der Waals surface area contributed by atoms with Gasteiger partial charge in [-0.25, -0.2) is 0 Å². The van der Waals surface area contributed by atoms with E-state index in [4.69, 9.17) is 0 Å². The molecule has 1 aromatic heterocycles. The van der Waals surface area contributed by atoms with Gasteiger partial charge in [-0.1, -0.05) is 54.6 Å². The molecule has 0 amide bonds. The molecule has 104 valence electrons. The van der Waals surface area contributed by atoms with E-state index < -0.39 is 0 Å². The van der Waals surface area contributed by atoms with E-state index in [1.165, 1.54) is 16.7 Å². The van der Waals surface area contributed by atoms with Gasteiger partial charge in [0.2, 0.25) is 0 Å². The molecule has 21 heavy (non-hydrogen) atoms. The van der Waals surface area contributed by atoms with Crippen molar-refractivity contribution in [2.24, 2.45) is 0 Å². The van der Waals surface area contributed by atoms with Gasteiger partial charge in [-0.15, -0.1) is 0 Å². The van der Waals surface area contributed by atoms with Crippen molar-refractivity contribution in [3.8, 4) is 11.1 Å². The van der Waals surface area contributed by atoms with Gasteiger partial charge >= 0.3 is 0 Å². The number of pyridine rings is 1. The molecule has 0 fully saturated rings. The average molecular weight is 274 g/mol. The van der Waals surface area contributed by atoms with Crippen LogP contribution < -0.4 is 5.32 Å². The predicted octanol–water partition coefficient (Wildman–Crippen LogP) is 4.67. The standard InChI is InChI=1S/C19H18N2/c1-15-19(8-5-13-20-15)21-14-16-9-11-18(12-10-16)17-6-3-2-4-7-17/h2-13,21H,14H2,1H3. The minimum atomic E-state index is 0.807. The quantitative estimate of drug-likeness (QED) is 0.748. The summed E-state index contributed by atoms with van der Waals surface area (Å²) >= 11 is 0. The predicted molar refractivity (Wildman–Crippen MR) is 88.2 cm³/mol. The summed E-state index contributed by atoms with van der Waals surface area (Å²) in [5, 5.41) is 3.43. The monoisotopic (exact) mass is 274 g/mol. The number of nitrogens with one attached hydrogen (secondary N) is 1. The molecule has 2 aromatic carbocycles. The molecule has 2 heteroatoms. The number of hydrogen-bond acceptors (Lipinski definition) is 2. The van der Waals surface area contributed by atoms with E-state index in [0.29, 0.717) is 0 Å². The zero-order chi connectivity index (χ0) is 14.5. The van der Waals surface area contributed by atoms with Crippen molar-refractivity contribution >= 4 is 5.69 Å². The highest BCUT2D eigenvalue weighted by Gasteiger charge is 2.00. The van der Waals surface area contributed by atoms with Gasteiger partial charge in [0.25, 0.3) is 0 Å². The Morgan fingerprint density at radius 3 is 2.24 bits per heavy atom. The maximum atomic E-state index is 4.28. The van der Waals surface area contributed by atoms with Crippen molar-refractivity contribution in [1.82, 2.24) is 4.98 Å². The Hall–Kier alpha value is -2.61. The first-order chi connectivity index (χ1) is 10.3. The minimum Gasteiger partial charge on any atom is -0.380 e. The second-order valence-corrected chi connectivity index (χ2v) is 5.05. The summed E-state index contributed by atoms with van der Waals surface area (Å²) in [6, 6.07) is 23.1. The molecule has 0 bridgehead atoms. The Kier molecular flexibility index (Phi) is 3.97. The first kappa shape index (κ1) is 13.4. The minimum absolute atomic E-state index is 0.807. The van der Waals surface area contributed by atoms with Gasteiger partial charge in [-0.05, 0) is 35.7 Å². The van der Waals surface area contributed by atoms with Gasteiger partial charge in [-0.2, -0.15) is 0 Å². The number of aromatic nitrogens is 1. The Labute approximate surface area is 125 Å². The normalized spacial score (nSPS) is 10.3. The van der Waals surface area contributed by atoms with Crippen molar-refractivity contribution in [2.45, 2.75) is 13.5 Å². The van der Waals surface area contributed by atoms with E-state index >= 15 is 0 Å². The van der Waals surface area contributed by atoms with Gasteiger partial charge < -0.3 is 5.32 Å². The maximum absolute atomic E-state index is 4.28. The molecular formula is C19H18N2. The summed E-state index contributed by atoms with van der Waals surface area (Å²) < 4.78 is 0. The van der Waals surface area contributed by atoms with Crippen LogP contribution in [0.5, 0.6) is 0 Å². The fourth-order valence-electron chi connectivity index (χ4n) is 2.31. The fraction of sp³-hybridized carbons (Fsp3) is 0.105. The smallest absolute Gasteiger partial charge is 0.0603 e. The third kappa shape index (κ3) is 3.29. The zero-order valence-corrected chi connectivity index (χ0v) is 12.1. The van der Waals surface area contributed by atoms with E-state index in [2.05, 4.69) is 64.9 Å². The molecule has 0 saturated heterocycles. The summed E-state index contributed by atoms with van der Waals surface area (Å²) in [7, 11) is 0. The van der Waals surface area contributed by atoms with E-state index in [9.17, 15) is 0 Å². The lowest BCUT2D eigenvalue weighted by molar-refractivity contribution is 1.11. The first-order valence-corrected chi connectivity index (χ1v) is 7.13. The van der Waals surface area contributed by atoms with E-state index in [-0.39, 0.29) is 0 Å². The van der Waals surface area contributed by atoms with Gasteiger partial charge in [0.1, 0.15) is 0 Å². The molecule has 1 heterocycles. The molecule has 0 unspecified atom stereocenters. The van der Waals surface area contributed by atoms with Gasteiger partial charge in [0.05, 0.1) is 11.4 Å². The molecule has 0 saturated carbocycles. The van der Waals surface area contributed by atoms with Crippen molar-refractivity contribution < 1.29 is 0 Å². The van der Waals surface area contributed by atoms with E-state index in [1.54, 1.807) is 0 Å². The van der Waals surface area contributed by atoms with Crippen LogP contribution in [0.3, 0.4) is 0 Å².